The van der Waals surface area contributed by atoms with E-state index in [0.29, 0.717) is 17.5 Å². The minimum Gasteiger partial charge on any atom is -0.325 e. The van der Waals surface area contributed by atoms with Crippen molar-refractivity contribution < 1.29 is 4.79 Å². The van der Waals surface area contributed by atoms with Crippen LogP contribution in [0.5, 0.6) is 0 Å². The molecule has 0 spiro atoms. The third kappa shape index (κ3) is 4.13. The second kappa shape index (κ2) is 7.64. The first-order chi connectivity index (χ1) is 10.1. The van der Waals surface area contributed by atoms with Gasteiger partial charge in [-0.15, -0.1) is 12.4 Å². The van der Waals surface area contributed by atoms with Gasteiger partial charge in [-0.2, -0.15) is 0 Å². The summed E-state index contributed by atoms with van der Waals surface area (Å²) >= 11 is 5.93. The average molecular weight is 344 g/mol. The van der Waals surface area contributed by atoms with E-state index in [1.165, 1.54) is 6.42 Å². The van der Waals surface area contributed by atoms with E-state index >= 15 is 0 Å². The molecule has 2 atom stereocenters. The summed E-state index contributed by atoms with van der Waals surface area (Å²) in [4.78, 5) is 14.5. The summed E-state index contributed by atoms with van der Waals surface area (Å²) in [7, 11) is 0. The van der Waals surface area contributed by atoms with E-state index in [2.05, 4.69) is 15.5 Å². The zero-order valence-corrected chi connectivity index (χ0v) is 14.3. The number of carbonyl (C=O) groups is 1. The Morgan fingerprint density at radius 3 is 2.95 bits per heavy atom. The van der Waals surface area contributed by atoms with Gasteiger partial charge in [-0.1, -0.05) is 11.6 Å². The number of hydrogen-bond donors (Lipinski definition) is 2. The molecule has 6 heteroatoms. The highest BCUT2D eigenvalue weighted by Crippen LogP contribution is 2.26. The number of fused-ring (bicyclic) bond motifs is 1. The Kier molecular flexibility index (Phi) is 6.09. The van der Waals surface area contributed by atoms with Crippen molar-refractivity contribution in [2.75, 3.05) is 38.0 Å². The highest BCUT2D eigenvalue weighted by atomic mass is 35.5. The molecule has 3 rings (SSSR count). The zero-order valence-electron chi connectivity index (χ0n) is 12.8. The third-order valence-electron chi connectivity index (χ3n) is 4.62. The number of anilines is 1. The Morgan fingerprint density at radius 2 is 2.18 bits per heavy atom. The lowest BCUT2D eigenvalue weighted by Gasteiger charge is -2.33. The van der Waals surface area contributed by atoms with Crippen LogP contribution >= 0.6 is 24.0 Å². The maximum Gasteiger partial charge on any atom is 0.238 e. The molecule has 0 saturated carbocycles. The fraction of sp³-hybridized carbons (Fsp3) is 0.562. The van der Waals surface area contributed by atoms with Gasteiger partial charge in [0.15, 0.2) is 0 Å². The van der Waals surface area contributed by atoms with Crippen molar-refractivity contribution >= 4 is 35.6 Å². The van der Waals surface area contributed by atoms with E-state index in [1.807, 2.05) is 19.1 Å². The van der Waals surface area contributed by atoms with Crippen molar-refractivity contribution in [2.45, 2.75) is 13.3 Å². The highest BCUT2D eigenvalue weighted by molar-refractivity contribution is 6.30. The molecule has 2 N–H and O–H groups in total. The van der Waals surface area contributed by atoms with Gasteiger partial charge in [0.2, 0.25) is 5.91 Å². The molecule has 1 amide bonds. The molecule has 0 aliphatic carbocycles. The Labute approximate surface area is 143 Å². The van der Waals surface area contributed by atoms with E-state index < -0.39 is 0 Å². The number of rotatable bonds is 3. The van der Waals surface area contributed by atoms with Crippen molar-refractivity contribution in [3.8, 4) is 0 Å². The minimum atomic E-state index is 0. The summed E-state index contributed by atoms with van der Waals surface area (Å²) < 4.78 is 0. The molecule has 22 heavy (non-hydrogen) atoms. The SMILES string of the molecule is Cc1cc(Cl)ccc1NC(=O)CN1CCC2CNCC2C1.Cl. The zero-order chi connectivity index (χ0) is 14.8. The Hall–Kier alpha value is -0.810. The van der Waals surface area contributed by atoms with Gasteiger partial charge in [0, 0.05) is 17.3 Å². The number of likely N-dealkylation sites (tertiary alicyclic amines) is 1. The monoisotopic (exact) mass is 343 g/mol. The van der Waals surface area contributed by atoms with Crippen LogP contribution in [0.3, 0.4) is 0 Å². The average Bonchev–Trinajstić information content (AvgIpc) is 2.89. The van der Waals surface area contributed by atoms with Gasteiger partial charge >= 0.3 is 0 Å². The first kappa shape index (κ1) is 17.5. The van der Waals surface area contributed by atoms with E-state index in [-0.39, 0.29) is 18.3 Å². The van der Waals surface area contributed by atoms with Crippen molar-refractivity contribution in [3.05, 3.63) is 28.8 Å². The molecule has 122 valence electrons. The molecule has 2 aliphatic rings. The second-order valence-corrected chi connectivity index (χ2v) is 6.65. The Morgan fingerprint density at radius 1 is 1.41 bits per heavy atom. The summed E-state index contributed by atoms with van der Waals surface area (Å²) in [5, 5.41) is 7.14. The van der Waals surface area contributed by atoms with Crippen molar-refractivity contribution in [2.24, 2.45) is 11.8 Å². The van der Waals surface area contributed by atoms with Crippen molar-refractivity contribution in [1.82, 2.24) is 10.2 Å². The molecule has 0 bridgehead atoms. The molecule has 2 saturated heterocycles. The number of benzene rings is 1. The highest BCUT2D eigenvalue weighted by Gasteiger charge is 2.33. The van der Waals surface area contributed by atoms with E-state index in [9.17, 15) is 4.79 Å². The van der Waals surface area contributed by atoms with Crippen LogP contribution in [0.2, 0.25) is 5.02 Å². The van der Waals surface area contributed by atoms with Crippen LogP contribution in [-0.4, -0.2) is 43.5 Å². The molecule has 2 heterocycles. The quantitative estimate of drug-likeness (QED) is 0.886. The number of carbonyl (C=O) groups excluding carboxylic acids is 1. The van der Waals surface area contributed by atoms with Crippen LogP contribution in [0.1, 0.15) is 12.0 Å². The van der Waals surface area contributed by atoms with Gasteiger partial charge in [-0.05, 0) is 68.6 Å². The summed E-state index contributed by atoms with van der Waals surface area (Å²) in [6.07, 6.45) is 1.20. The summed E-state index contributed by atoms with van der Waals surface area (Å²) in [5.74, 6) is 1.58. The van der Waals surface area contributed by atoms with E-state index in [0.717, 1.165) is 43.3 Å². The molecular formula is C16H23Cl2N3O. The van der Waals surface area contributed by atoms with E-state index in [4.69, 9.17) is 11.6 Å². The molecule has 2 unspecified atom stereocenters. The lowest BCUT2D eigenvalue weighted by atomic mass is 9.89. The summed E-state index contributed by atoms with van der Waals surface area (Å²) in [6.45, 7) is 6.73. The van der Waals surface area contributed by atoms with E-state index in [1.54, 1.807) is 6.07 Å². The Bertz CT molecular complexity index is 538. The normalized spacial score (nSPS) is 24.5. The summed E-state index contributed by atoms with van der Waals surface area (Å²) in [5.41, 5.74) is 1.84. The van der Waals surface area contributed by atoms with Crippen LogP contribution in [0, 0.1) is 18.8 Å². The number of halogens is 2. The third-order valence-corrected chi connectivity index (χ3v) is 4.85. The van der Waals surface area contributed by atoms with Gasteiger partial charge in [-0.3, -0.25) is 9.69 Å². The van der Waals surface area contributed by atoms with Crippen LogP contribution in [0.15, 0.2) is 18.2 Å². The molecular weight excluding hydrogens is 321 g/mol. The molecule has 2 fully saturated rings. The first-order valence-electron chi connectivity index (χ1n) is 7.61. The molecule has 2 aliphatic heterocycles. The van der Waals surface area contributed by atoms with Gasteiger partial charge in [0.25, 0.3) is 0 Å². The van der Waals surface area contributed by atoms with Gasteiger partial charge in [0.05, 0.1) is 6.54 Å². The van der Waals surface area contributed by atoms with Crippen LogP contribution in [-0.2, 0) is 4.79 Å². The first-order valence-corrected chi connectivity index (χ1v) is 7.98. The fourth-order valence-corrected chi connectivity index (χ4v) is 3.64. The van der Waals surface area contributed by atoms with Gasteiger partial charge in [0.1, 0.15) is 0 Å². The summed E-state index contributed by atoms with van der Waals surface area (Å²) in [6, 6.07) is 5.54. The van der Waals surface area contributed by atoms with Crippen LogP contribution < -0.4 is 10.6 Å². The lowest BCUT2D eigenvalue weighted by Crippen LogP contribution is -2.43. The predicted molar refractivity (Wildman–Crippen MR) is 93.0 cm³/mol. The number of hydrogen-bond acceptors (Lipinski definition) is 3. The molecule has 1 aromatic carbocycles. The number of nitrogens with zero attached hydrogens (tertiary/aromatic N) is 1. The molecule has 1 aromatic rings. The van der Waals surface area contributed by atoms with Gasteiger partial charge in [-0.25, -0.2) is 0 Å². The number of aryl methyl sites for hydroxylation is 1. The Balaban J connectivity index is 0.00000176. The molecule has 4 nitrogen and oxygen atoms in total. The minimum absolute atomic E-state index is 0. The van der Waals surface area contributed by atoms with Crippen LogP contribution in [0.25, 0.3) is 0 Å². The number of amides is 1. The van der Waals surface area contributed by atoms with Gasteiger partial charge < -0.3 is 10.6 Å². The lowest BCUT2D eigenvalue weighted by molar-refractivity contribution is -0.117. The largest absolute Gasteiger partial charge is 0.325 e. The topological polar surface area (TPSA) is 44.4 Å². The van der Waals surface area contributed by atoms with Crippen molar-refractivity contribution in [1.29, 1.82) is 0 Å². The maximum absolute atomic E-state index is 12.2. The number of piperidine rings is 1. The second-order valence-electron chi connectivity index (χ2n) is 6.21. The maximum atomic E-state index is 12.2. The standard InChI is InChI=1S/C16H22ClN3O.ClH/c1-11-6-14(17)2-3-15(11)19-16(21)10-20-5-4-12-7-18-8-13(12)9-20;/h2-3,6,12-13,18H,4-5,7-10H2,1H3,(H,19,21);1H. The van der Waals surface area contributed by atoms with Crippen LogP contribution in [0.4, 0.5) is 5.69 Å². The smallest absolute Gasteiger partial charge is 0.238 e. The predicted octanol–water partition coefficient (Wildman–Crippen LogP) is 2.55. The van der Waals surface area contributed by atoms with Crippen molar-refractivity contribution in [3.63, 3.8) is 0 Å². The number of nitrogens with one attached hydrogen (secondary N) is 2. The molecule has 0 radical (unpaired) electrons. The molecule has 0 aromatic heterocycles. The fourth-order valence-electron chi connectivity index (χ4n) is 3.41.